The topological polar surface area (TPSA) is 23.8 Å². The Bertz CT molecular complexity index is 286. The van der Waals surface area contributed by atoms with E-state index in [-0.39, 0.29) is 0 Å². The zero-order valence-electron chi connectivity index (χ0n) is 5.56. The zero-order valence-corrected chi connectivity index (χ0v) is 7.71. The first-order chi connectivity index (χ1) is 4.75. The monoisotopic (exact) mass is 243 g/mol. The van der Waals surface area contributed by atoms with E-state index < -0.39 is 0 Å². The summed E-state index contributed by atoms with van der Waals surface area (Å²) in [6.07, 6.45) is 0. The lowest BCUT2D eigenvalue weighted by atomic mass is 10.1. The molecule has 50 valence electrons. The zero-order chi connectivity index (χ0) is 7.56. The molecule has 0 atom stereocenters. The molecule has 1 nitrogen and oxygen atoms in total. The normalized spacial score (nSPS) is 8.90. The van der Waals surface area contributed by atoms with Gasteiger partial charge in [0.15, 0.2) is 0 Å². The van der Waals surface area contributed by atoms with Crippen LogP contribution in [0.5, 0.6) is 0 Å². The first-order valence-electron chi connectivity index (χ1n) is 2.91. The second kappa shape index (κ2) is 3.02. The predicted octanol–water partition coefficient (Wildman–Crippen LogP) is 2.47. The van der Waals surface area contributed by atoms with Crippen LogP contribution in [0.4, 0.5) is 0 Å². The van der Waals surface area contributed by atoms with Crippen LogP contribution in [0.15, 0.2) is 18.2 Å². The highest BCUT2D eigenvalue weighted by molar-refractivity contribution is 14.1. The molecular formula is C8H6IN. The summed E-state index contributed by atoms with van der Waals surface area (Å²) >= 11 is 2.22. The summed E-state index contributed by atoms with van der Waals surface area (Å²) in [5.74, 6) is 0. The molecule has 2 heteroatoms. The lowest BCUT2D eigenvalue weighted by molar-refractivity contribution is 1.37. The molecule has 0 fully saturated rings. The third-order valence-corrected chi connectivity index (χ3v) is 2.56. The summed E-state index contributed by atoms with van der Waals surface area (Å²) < 4.78 is 1.15. The minimum Gasteiger partial charge on any atom is -0.192 e. The van der Waals surface area contributed by atoms with Crippen molar-refractivity contribution in [1.29, 1.82) is 5.26 Å². The summed E-state index contributed by atoms with van der Waals surface area (Å²) in [5.41, 5.74) is 1.84. The highest BCUT2D eigenvalue weighted by Gasteiger charge is 1.97. The molecule has 0 heterocycles. The van der Waals surface area contributed by atoms with Crippen molar-refractivity contribution < 1.29 is 0 Å². The molecule has 0 amide bonds. The van der Waals surface area contributed by atoms with Gasteiger partial charge in [0.1, 0.15) is 0 Å². The Labute approximate surface area is 73.8 Å². The van der Waals surface area contributed by atoms with Crippen LogP contribution in [-0.4, -0.2) is 0 Å². The van der Waals surface area contributed by atoms with E-state index in [9.17, 15) is 0 Å². The number of hydrogen-bond acceptors (Lipinski definition) is 1. The molecule has 1 aromatic rings. The van der Waals surface area contributed by atoms with Gasteiger partial charge in [0.25, 0.3) is 0 Å². The molecule has 0 aliphatic carbocycles. The van der Waals surface area contributed by atoms with Crippen LogP contribution in [0.3, 0.4) is 0 Å². The minimum atomic E-state index is 0.770. The Morgan fingerprint density at radius 1 is 1.50 bits per heavy atom. The van der Waals surface area contributed by atoms with Gasteiger partial charge in [-0.25, -0.2) is 0 Å². The number of hydrogen-bond donors (Lipinski definition) is 0. The number of benzene rings is 1. The summed E-state index contributed by atoms with van der Waals surface area (Å²) in [6, 6.07) is 7.86. The molecule has 0 aliphatic rings. The molecule has 10 heavy (non-hydrogen) atoms. The molecule has 1 rings (SSSR count). The lowest BCUT2D eigenvalue weighted by Gasteiger charge is -1.97. The molecule has 0 saturated heterocycles. The van der Waals surface area contributed by atoms with Crippen LogP contribution in [0.25, 0.3) is 0 Å². The smallest absolute Gasteiger partial charge is 0.0994 e. The maximum Gasteiger partial charge on any atom is 0.0994 e. The van der Waals surface area contributed by atoms with Gasteiger partial charge >= 0.3 is 0 Å². The SMILES string of the molecule is Cc1c(I)cccc1C#N. The van der Waals surface area contributed by atoms with Crippen molar-refractivity contribution in [3.63, 3.8) is 0 Å². The Kier molecular flexibility index (Phi) is 2.28. The highest BCUT2D eigenvalue weighted by Crippen LogP contribution is 2.14. The molecule has 1 aromatic carbocycles. The van der Waals surface area contributed by atoms with Crippen molar-refractivity contribution in [3.05, 3.63) is 32.9 Å². The van der Waals surface area contributed by atoms with Crippen LogP contribution in [0, 0.1) is 21.8 Å². The number of halogens is 1. The molecule has 0 N–H and O–H groups in total. The Morgan fingerprint density at radius 2 is 2.20 bits per heavy atom. The summed E-state index contributed by atoms with van der Waals surface area (Å²) in [7, 11) is 0. The average Bonchev–Trinajstić information content (AvgIpc) is 1.95. The van der Waals surface area contributed by atoms with E-state index in [0.717, 1.165) is 14.7 Å². The second-order valence-electron chi connectivity index (χ2n) is 2.02. The summed E-state index contributed by atoms with van der Waals surface area (Å²) in [5, 5.41) is 8.59. The Morgan fingerprint density at radius 3 is 2.70 bits per heavy atom. The molecule has 0 aromatic heterocycles. The number of nitrogens with zero attached hydrogens (tertiary/aromatic N) is 1. The average molecular weight is 243 g/mol. The van der Waals surface area contributed by atoms with Crippen molar-refractivity contribution in [2.45, 2.75) is 6.92 Å². The van der Waals surface area contributed by atoms with E-state index in [1.807, 2.05) is 25.1 Å². The molecule has 0 aliphatic heterocycles. The van der Waals surface area contributed by atoms with Crippen LogP contribution < -0.4 is 0 Å². The van der Waals surface area contributed by atoms with Crippen molar-refractivity contribution in [2.24, 2.45) is 0 Å². The van der Waals surface area contributed by atoms with E-state index in [0.29, 0.717) is 0 Å². The Hall–Kier alpha value is -0.560. The van der Waals surface area contributed by atoms with Gasteiger partial charge in [0.2, 0.25) is 0 Å². The Balaban J connectivity index is 3.31. The van der Waals surface area contributed by atoms with Gasteiger partial charge in [0.05, 0.1) is 11.6 Å². The summed E-state index contributed by atoms with van der Waals surface area (Å²) in [6.45, 7) is 1.96. The maximum absolute atomic E-state index is 8.59. The van der Waals surface area contributed by atoms with Gasteiger partial charge in [-0.05, 0) is 47.2 Å². The highest BCUT2D eigenvalue weighted by atomic mass is 127. The van der Waals surface area contributed by atoms with Gasteiger partial charge in [0, 0.05) is 3.57 Å². The molecule has 0 bridgehead atoms. The fraction of sp³-hybridized carbons (Fsp3) is 0.125. The largest absolute Gasteiger partial charge is 0.192 e. The first-order valence-corrected chi connectivity index (χ1v) is 3.99. The van der Waals surface area contributed by atoms with Crippen LogP contribution >= 0.6 is 22.6 Å². The minimum absolute atomic E-state index is 0.770. The van der Waals surface area contributed by atoms with Crippen molar-refractivity contribution in [3.8, 4) is 6.07 Å². The fourth-order valence-corrected chi connectivity index (χ4v) is 1.23. The fourth-order valence-electron chi connectivity index (χ4n) is 0.729. The number of rotatable bonds is 0. The van der Waals surface area contributed by atoms with Gasteiger partial charge in [-0.15, -0.1) is 0 Å². The van der Waals surface area contributed by atoms with Crippen LogP contribution in [0.2, 0.25) is 0 Å². The maximum atomic E-state index is 8.59. The van der Waals surface area contributed by atoms with Crippen LogP contribution in [-0.2, 0) is 0 Å². The second-order valence-corrected chi connectivity index (χ2v) is 3.19. The van der Waals surface area contributed by atoms with Crippen molar-refractivity contribution in [1.82, 2.24) is 0 Å². The third kappa shape index (κ3) is 1.29. The predicted molar refractivity (Wildman–Crippen MR) is 48.6 cm³/mol. The molecule has 0 saturated carbocycles. The standard InChI is InChI=1S/C8H6IN/c1-6-7(5-10)3-2-4-8(6)9/h2-4H,1H3. The van der Waals surface area contributed by atoms with Gasteiger partial charge in [-0.1, -0.05) is 6.07 Å². The van der Waals surface area contributed by atoms with E-state index in [1.165, 1.54) is 0 Å². The summed E-state index contributed by atoms with van der Waals surface area (Å²) in [4.78, 5) is 0. The van der Waals surface area contributed by atoms with Crippen molar-refractivity contribution in [2.75, 3.05) is 0 Å². The lowest BCUT2D eigenvalue weighted by Crippen LogP contribution is -1.84. The molecule has 0 unspecified atom stereocenters. The quantitative estimate of drug-likeness (QED) is 0.642. The van der Waals surface area contributed by atoms with E-state index in [1.54, 1.807) is 0 Å². The van der Waals surface area contributed by atoms with Gasteiger partial charge < -0.3 is 0 Å². The van der Waals surface area contributed by atoms with E-state index in [4.69, 9.17) is 5.26 Å². The van der Waals surface area contributed by atoms with Crippen LogP contribution in [0.1, 0.15) is 11.1 Å². The van der Waals surface area contributed by atoms with Crippen molar-refractivity contribution >= 4 is 22.6 Å². The van der Waals surface area contributed by atoms with Gasteiger partial charge in [-0.3, -0.25) is 0 Å². The van der Waals surface area contributed by atoms with Gasteiger partial charge in [-0.2, -0.15) is 5.26 Å². The molecular weight excluding hydrogens is 237 g/mol. The van der Waals surface area contributed by atoms with E-state index >= 15 is 0 Å². The van der Waals surface area contributed by atoms with E-state index in [2.05, 4.69) is 28.7 Å². The first kappa shape index (κ1) is 7.55. The number of nitriles is 1. The molecule has 0 spiro atoms. The third-order valence-electron chi connectivity index (χ3n) is 1.39. The molecule has 0 radical (unpaired) electrons.